The van der Waals surface area contributed by atoms with E-state index in [1.165, 1.54) is 0 Å². The first-order valence-electron chi connectivity index (χ1n) is 9.16. The van der Waals surface area contributed by atoms with Gasteiger partial charge in [0.2, 0.25) is 0 Å². The third kappa shape index (κ3) is 4.12. The van der Waals surface area contributed by atoms with Crippen molar-refractivity contribution in [1.82, 2.24) is 0 Å². The van der Waals surface area contributed by atoms with Gasteiger partial charge in [-0.1, -0.05) is 13.8 Å². The first-order chi connectivity index (χ1) is 13.3. The molecule has 0 radical (unpaired) electrons. The summed E-state index contributed by atoms with van der Waals surface area (Å²) in [6.07, 6.45) is 2.19. The van der Waals surface area contributed by atoms with Gasteiger partial charge >= 0.3 is 0 Å². The maximum Gasteiger partial charge on any atom is 0.256 e. The standard InChI is InChI=1S/C22H22BrNO4/c1-4-28-20-10-13(9-17(23)21(20)26)8-16-15-11-14(19(25)7-12(2)3)5-6-18(15)24-22(16)27/h5-6,8-12,26H,4,7H2,1-3H3,(H,24,27)/b16-8-. The van der Waals surface area contributed by atoms with Crippen LogP contribution in [0.15, 0.2) is 34.8 Å². The van der Waals surface area contributed by atoms with Crippen LogP contribution in [0.3, 0.4) is 0 Å². The van der Waals surface area contributed by atoms with Gasteiger partial charge in [0.05, 0.1) is 11.1 Å². The van der Waals surface area contributed by atoms with Crippen LogP contribution >= 0.6 is 15.9 Å². The number of phenols is 1. The molecule has 0 unspecified atom stereocenters. The summed E-state index contributed by atoms with van der Waals surface area (Å²) in [6.45, 7) is 6.24. The van der Waals surface area contributed by atoms with Crippen molar-refractivity contribution in [3.05, 3.63) is 51.5 Å². The molecule has 28 heavy (non-hydrogen) atoms. The van der Waals surface area contributed by atoms with E-state index in [2.05, 4.69) is 21.2 Å². The Kier molecular flexibility index (Phi) is 5.89. The normalized spacial score (nSPS) is 14.3. The molecular weight excluding hydrogens is 422 g/mol. The number of Topliss-reactive ketones (excluding diaryl/α,β-unsaturated/α-hetero) is 1. The van der Waals surface area contributed by atoms with Gasteiger partial charge in [-0.25, -0.2) is 0 Å². The van der Waals surface area contributed by atoms with Gasteiger partial charge in [0.15, 0.2) is 17.3 Å². The number of hydrogen-bond donors (Lipinski definition) is 2. The maximum absolute atomic E-state index is 12.5. The topological polar surface area (TPSA) is 75.6 Å². The Labute approximate surface area is 172 Å². The highest BCUT2D eigenvalue weighted by Gasteiger charge is 2.25. The molecule has 3 rings (SSSR count). The Morgan fingerprint density at radius 2 is 2.04 bits per heavy atom. The molecule has 0 spiro atoms. The minimum atomic E-state index is -0.231. The third-order valence-corrected chi connectivity index (χ3v) is 4.98. The number of rotatable bonds is 6. The van der Waals surface area contributed by atoms with E-state index in [0.29, 0.717) is 51.2 Å². The zero-order valence-corrected chi connectivity index (χ0v) is 17.6. The van der Waals surface area contributed by atoms with Crippen LogP contribution in [0.2, 0.25) is 0 Å². The largest absolute Gasteiger partial charge is 0.503 e. The number of phenolic OH excluding ortho intramolecular Hbond substituents is 1. The molecule has 2 N–H and O–H groups in total. The van der Waals surface area contributed by atoms with Crippen molar-refractivity contribution in [1.29, 1.82) is 0 Å². The monoisotopic (exact) mass is 443 g/mol. The molecule has 0 atom stereocenters. The summed E-state index contributed by atoms with van der Waals surface area (Å²) >= 11 is 3.31. The Hall–Kier alpha value is -2.60. The second-order valence-corrected chi connectivity index (χ2v) is 7.93. The van der Waals surface area contributed by atoms with Crippen molar-refractivity contribution in [2.45, 2.75) is 27.2 Å². The molecular formula is C22H22BrNO4. The van der Waals surface area contributed by atoms with Gasteiger partial charge in [0.25, 0.3) is 5.91 Å². The van der Waals surface area contributed by atoms with Gasteiger partial charge in [-0.15, -0.1) is 0 Å². The van der Waals surface area contributed by atoms with Gasteiger partial charge < -0.3 is 15.2 Å². The predicted molar refractivity (Wildman–Crippen MR) is 114 cm³/mol. The molecule has 2 aromatic carbocycles. The summed E-state index contributed by atoms with van der Waals surface area (Å²) in [4.78, 5) is 24.9. The first kappa shape index (κ1) is 20.1. The van der Waals surface area contributed by atoms with Gasteiger partial charge in [-0.3, -0.25) is 9.59 Å². The molecule has 1 amide bonds. The van der Waals surface area contributed by atoms with Gasteiger partial charge in [0, 0.05) is 28.8 Å². The molecule has 6 heteroatoms. The SMILES string of the molecule is CCOc1cc(/C=C2\C(=O)Nc3ccc(C(=O)CC(C)C)cc32)cc(Br)c1O. The lowest BCUT2D eigenvalue weighted by Gasteiger charge is -2.09. The van der Waals surface area contributed by atoms with E-state index in [1.54, 1.807) is 36.4 Å². The van der Waals surface area contributed by atoms with E-state index >= 15 is 0 Å². The summed E-state index contributed by atoms with van der Waals surface area (Å²) in [6, 6.07) is 8.67. The minimum Gasteiger partial charge on any atom is -0.503 e. The van der Waals surface area contributed by atoms with Crippen LogP contribution in [0.4, 0.5) is 5.69 Å². The lowest BCUT2D eigenvalue weighted by Crippen LogP contribution is -2.03. The Bertz CT molecular complexity index is 979. The van der Waals surface area contributed by atoms with E-state index < -0.39 is 0 Å². The highest BCUT2D eigenvalue weighted by molar-refractivity contribution is 9.10. The van der Waals surface area contributed by atoms with Crippen molar-refractivity contribution in [2.24, 2.45) is 5.92 Å². The summed E-state index contributed by atoms with van der Waals surface area (Å²) in [5.41, 5.74) is 3.14. The quantitative estimate of drug-likeness (QED) is 0.470. The highest BCUT2D eigenvalue weighted by Crippen LogP contribution is 2.38. The van der Waals surface area contributed by atoms with Crippen molar-refractivity contribution in [2.75, 3.05) is 11.9 Å². The number of halogens is 1. The molecule has 5 nitrogen and oxygen atoms in total. The Morgan fingerprint density at radius 1 is 1.29 bits per heavy atom. The lowest BCUT2D eigenvalue weighted by molar-refractivity contribution is -0.110. The van der Waals surface area contributed by atoms with Crippen LogP contribution in [0.1, 0.15) is 48.7 Å². The fourth-order valence-electron chi connectivity index (χ4n) is 3.10. The molecule has 2 aromatic rings. The minimum absolute atomic E-state index is 0.0156. The fourth-order valence-corrected chi connectivity index (χ4v) is 3.56. The average Bonchev–Trinajstić information content (AvgIpc) is 2.93. The maximum atomic E-state index is 12.5. The van der Waals surface area contributed by atoms with Gasteiger partial charge in [-0.2, -0.15) is 0 Å². The molecule has 0 saturated carbocycles. The van der Waals surface area contributed by atoms with Crippen molar-refractivity contribution in [3.63, 3.8) is 0 Å². The Morgan fingerprint density at radius 3 is 2.71 bits per heavy atom. The number of ether oxygens (including phenoxy) is 1. The molecule has 146 valence electrons. The van der Waals surface area contributed by atoms with E-state index in [9.17, 15) is 14.7 Å². The molecule has 1 aliphatic rings. The first-order valence-corrected chi connectivity index (χ1v) is 9.95. The number of amides is 1. The molecule has 0 aromatic heterocycles. The van der Waals surface area contributed by atoms with Crippen LogP contribution in [0.25, 0.3) is 11.6 Å². The van der Waals surface area contributed by atoms with E-state index in [4.69, 9.17) is 4.74 Å². The highest BCUT2D eigenvalue weighted by atomic mass is 79.9. The number of carbonyl (C=O) groups is 2. The predicted octanol–water partition coefficient (Wildman–Crippen LogP) is 5.27. The van der Waals surface area contributed by atoms with Crippen LogP contribution in [-0.4, -0.2) is 23.4 Å². The number of fused-ring (bicyclic) bond motifs is 1. The summed E-state index contributed by atoms with van der Waals surface area (Å²) in [5.74, 6) is 0.444. The smallest absolute Gasteiger partial charge is 0.256 e. The fraction of sp³-hybridized carbons (Fsp3) is 0.273. The van der Waals surface area contributed by atoms with Crippen LogP contribution in [0, 0.1) is 5.92 Å². The zero-order chi connectivity index (χ0) is 20.4. The molecule has 0 bridgehead atoms. The second-order valence-electron chi connectivity index (χ2n) is 7.08. The number of carbonyl (C=O) groups excluding carboxylic acids is 2. The molecule has 1 heterocycles. The molecule has 0 fully saturated rings. The number of benzene rings is 2. The summed E-state index contributed by atoms with van der Waals surface area (Å²) in [5, 5.41) is 12.9. The van der Waals surface area contributed by atoms with E-state index in [-0.39, 0.29) is 23.4 Å². The molecule has 0 saturated heterocycles. The third-order valence-electron chi connectivity index (χ3n) is 4.38. The Balaban J connectivity index is 2.03. The number of anilines is 1. The number of aromatic hydroxyl groups is 1. The number of hydrogen-bond acceptors (Lipinski definition) is 4. The van der Waals surface area contributed by atoms with Crippen LogP contribution < -0.4 is 10.1 Å². The van der Waals surface area contributed by atoms with Crippen molar-refractivity contribution < 1.29 is 19.4 Å². The van der Waals surface area contributed by atoms with Crippen LogP contribution in [-0.2, 0) is 4.79 Å². The summed E-state index contributed by atoms with van der Waals surface area (Å²) < 4.78 is 5.93. The van der Waals surface area contributed by atoms with Crippen molar-refractivity contribution >= 4 is 45.0 Å². The summed E-state index contributed by atoms with van der Waals surface area (Å²) in [7, 11) is 0. The molecule has 0 aliphatic carbocycles. The number of ketones is 1. The van der Waals surface area contributed by atoms with E-state index in [1.807, 2.05) is 20.8 Å². The van der Waals surface area contributed by atoms with Gasteiger partial charge in [0.1, 0.15) is 0 Å². The average molecular weight is 444 g/mol. The van der Waals surface area contributed by atoms with E-state index in [0.717, 1.165) is 0 Å². The van der Waals surface area contributed by atoms with Crippen LogP contribution in [0.5, 0.6) is 11.5 Å². The number of nitrogens with one attached hydrogen (secondary N) is 1. The second kappa shape index (κ2) is 8.19. The zero-order valence-electron chi connectivity index (χ0n) is 16.0. The van der Waals surface area contributed by atoms with Gasteiger partial charge in [-0.05, 0) is 70.7 Å². The lowest BCUT2D eigenvalue weighted by atomic mass is 9.96. The molecule has 1 aliphatic heterocycles. The van der Waals surface area contributed by atoms with Crippen molar-refractivity contribution in [3.8, 4) is 11.5 Å².